The predicted octanol–water partition coefficient (Wildman–Crippen LogP) is 1.86. The molecule has 1 aromatic heterocycles. The standard InChI is InChI=1S/C15H17ClFN3O3/c1-15(2)14(22)12(7-23-15)20-6-11(18-19-20)13(21)9-5-8(17)3-4-10(9)16/h3-6,12-14,21-22H,7H2,1-2H3/t12-,13?,14+/m0/s1. The highest BCUT2D eigenvalue weighted by Crippen LogP contribution is 2.33. The Balaban J connectivity index is 1.86. The second-order valence-electron chi connectivity index (χ2n) is 6.12. The van der Waals surface area contributed by atoms with E-state index in [4.69, 9.17) is 16.3 Å². The average Bonchev–Trinajstić information content (AvgIpc) is 3.07. The lowest BCUT2D eigenvalue weighted by Gasteiger charge is -2.23. The summed E-state index contributed by atoms with van der Waals surface area (Å²) in [6.45, 7) is 3.86. The quantitative estimate of drug-likeness (QED) is 0.890. The van der Waals surface area contributed by atoms with Crippen LogP contribution in [0.5, 0.6) is 0 Å². The topological polar surface area (TPSA) is 80.4 Å². The van der Waals surface area contributed by atoms with Gasteiger partial charge in [0.05, 0.1) is 18.4 Å². The van der Waals surface area contributed by atoms with Gasteiger partial charge in [-0.3, -0.25) is 0 Å². The lowest BCUT2D eigenvalue weighted by atomic mass is 9.99. The van der Waals surface area contributed by atoms with Gasteiger partial charge in [0, 0.05) is 10.6 Å². The Labute approximate surface area is 137 Å². The molecule has 23 heavy (non-hydrogen) atoms. The molecule has 1 saturated heterocycles. The molecule has 6 nitrogen and oxygen atoms in total. The molecule has 0 aliphatic carbocycles. The molecular weight excluding hydrogens is 325 g/mol. The maximum Gasteiger partial charge on any atom is 0.126 e. The van der Waals surface area contributed by atoms with Gasteiger partial charge >= 0.3 is 0 Å². The van der Waals surface area contributed by atoms with Gasteiger partial charge < -0.3 is 14.9 Å². The largest absolute Gasteiger partial charge is 0.388 e. The van der Waals surface area contributed by atoms with Crippen molar-refractivity contribution >= 4 is 11.6 Å². The molecule has 0 radical (unpaired) electrons. The second kappa shape index (κ2) is 5.83. The molecule has 0 bridgehead atoms. The number of hydrogen-bond donors (Lipinski definition) is 2. The maximum atomic E-state index is 13.4. The highest BCUT2D eigenvalue weighted by atomic mass is 35.5. The number of aliphatic hydroxyl groups is 2. The SMILES string of the molecule is CC1(C)OC[C@H](n2cc(C(O)c3cc(F)ccc3Cl)nn2)[C@H]1O. The van der Waals surface area contributed by atoms with Crippen LogP contribution in [0.4, 0.5) is 4.39 Å². The molecule has 1 aromatic carbocycles. The minimum absolute atomic E-state index is 0.210. The molecule has 3 atom stereocenters. The minimum Gasteiger partial charge on any atom is -0.388 e. The Morgan fingerprint density at radius 1 is 1.48 bits per heavy atom. The number of benzene rings is 1. The predicted molar refractivity (Wildman–Crippen MR) is 80.6 cm³/mol. The summed E-state index contributed by atoms with van der Waals surface area (Å²) in [5.41, 5.74) is -0.252. The Morgan fingerprint density at radius 2 is 2.22 bits per heavy atom. The molecule has 1 fully saturated rings. The lowest BCUT2D eigenvalue weighted by molar-refractivity contribution is -0.0311. The Hall–Kier alpha value is -1.54. The van der Waals surface area contributed by atoms with Gasteiger partial charge in [0.25, 0.3) is 0 Å². The van der Waals surface area contributed by atoms with Gasteiger partial charge in [0.2, 0.25) is 0 Å². The Bertz CT molecular complexity index is 722. The highest BCUT2D eigenvalue weighted by molar-refractivity contribution is 6.31. The second-order valence-corrected chi connectivity index (χ2v) is 6.53. The molecule has 3 rings (SSSR count). The van der Waals surface area contributed by atoms with Gasteiger partial charge in [0.15, 0.2) is 0 Å². The summed E-state index contributed by atoms with van der Waals surface area (Å²) in [7, 11) is 0. The fourth-order valence-electron chi connectivity index (χ4n) is 2.62. The van der Waals surface area contributed by atoms with Gasteiger partial charge in [0.1, 0.15) is 29.8 Å². The fraction of sp³-hybridized carbons (Fsp3) is 0.467. The molecule has 1 aliphatic rings. The molecule has 1 unspecified atom stereocenters. The van der Waals surface area contributed by atoms with Crippen LogP contribution in [0.3, 0.4) is 0 Å². The summed E-state index contributed by atoms with van der Waals surface area (Å²) in [6, 6.07) is 3.34. The van der Waals surface area contributed by atoms with E-state index in [0.717, 1.165) is 6.07 Å². The summed E-state index contributed by atoms with van der Waals surface area (Å²) in [6.07, 6.45) is -0.462. The fourth-order valence-corrected chi connectivity index (χ4v) is 2.84. The number of halogens is 2. The van der Waals surface area contributed by atoms with Crippen molar-refractivity contribution in [1.29, 1.82) is 0 Å². The van der Waals surface area contributed by atoms with Crippen molar-refractivity contribution in [3.05, 3.63) is 46.5 Å². The van der Waals surface area contributed by atoms with Crippen LogP contribution < -0.4 is 0 Å². The third kappa shape index (κ3) is 2.97. The Morgan fingerprint density at radius 3 is 2.87 bits per heavy atom. The molecule has 1 aliphatic heterocycles. The first-order chi connectivity index (χ1) is 10.8. The van der Waals surface area contributed by atoms with E-state index in [-0.39, 0.29) is 22.9 Å². The monoisotopic (exact) mass is 341 g/mol. The van der Waals surface area contributed by atoms with Crippen molar-refractivity contribution in [3.8, 4) is 0 Å². The minimum atomic E-state index is -1.21. The van der Waals surface area contributed by atoms with Crippen LogP contribution in [0.1, 0.15) is 37.3 Å². The molecule has 8 heteroatoms. The Kier molecular flexibility index (Phi) is 4.14. The normalized spacial score (nSPS) is 24.8. The first-order valence-corrected chi connectivity index (χ1v) is 7.54. The third-order valence-corrected chi connectivity index (χ3v) is 4.45. The molecule has 2 N–H and O–H groups in total. The van der Waals surface area contributed by atoms with Crippen LogP contribution in [0, 0.1) is 5.82 Å². The summed E-state index contributed by atoms with van der Waals surface area (Å²) in [4.78, 5) is 0. The van der Waals surface area contributed by atoms with Crippen LogP contribution in [0.2, 0.25) is 5.02 Å². The first kappa shape index (κ1) is 16.3. The van der Waals surface area contributed by atoms with Crippen molar-refractivity contribution in [2.24, 2.45) is 0 Å². The van der Waals surface area contributed by atoms with Crippen LogP contribution in [-0.4, -0.2) is 43.5 Å². The van der Waals surface area contributed by atoms with Crippen LogP contribution in [0.15, 0.2) is 24.4 Å². The molecule has 2 aromatic rings. The van der Waals surface area contributed by atoms with E-state index in [2.05, 4.69) is 10.3 Å². The molecule has 0 amide bonds. The van der Waals surface area contributed by atoms with Crippen LogP contribution >= 0.6 is 11.6 Å². The van der Waals surface area contributed by atoms with E-state index in [1.807, 2.05) is 0 Å². The first-order valence-electron chi connectivity index (χ1n) is 7.16. The van der Waals surface area contributed by atoms with Gasteiger partial charge in [-0.25, -0.2) is 9.07 Å². The lowest BCUT2D eigenvalue weighted by Crippen LogP contribution is -2.36. The zero-order chi connectivity index (χ0) is 16.8. The van der Waals surface area contributed by atoms with E-state index in [0.29, 0.717) is 0 Å². The van der Waals surface area contributed by atoms with E-state index >= 15 is 0 Å². The number of aromatic nitrogens is 3. The smallest absolute Gasteiger partial charge is 0.126 e. The van der Waals surface area contributed by atoms with E-state index < -0.39 is 29.7 Å². The van der Waals surface area contributed by atoms with E-state index in [1.165, 1.54) is 23.0 Å². The number of ether oxygens (including phenoxy) is 1. The zero-order valence-electron chi connectivity index (χ0n) is 12.6. The number of hydrogen-bond acceptors (Lipinski definition) is 5. The van der Waals surface area contributed by atoms with Gasteiger partial charge in [-0.2, -0.15) is 0 Å². The maximum absolute atomic E-state index is 13.4. The molecule has 124 valence electrons. The van der Waals surface area contributed by atoms with Crippen LogP contribution in [-0.2, 0) is 4.74 Å². The molecule has 2 heterocycles. The number of nitrogens with zero attached hydrogens (tertiary/aromatic N) is 3. The highest BCUT2D eigenvalue weighted by Gasteiger charge is 2.43. The summed E-state index contributed by atoms with van der Waals surface area (Å²) in [5.74, 6) is -0.503. The van der Waals surface area contributed by atoms with Crippen molar-refractivity contribution < 1.29 is 19.3 Å². The van der Waals surface area contributed by atoms with Crippen LogP contribution in [0.25, 0.3) is 0 Å². The van der Waals surface area contributed by atoms with Gasteiger partial charge in [-0.15, -0.1) is 5.10 Å². The number of aliphatic hydroxyl groups excluding tert-OH is 2. The summed E-state index contributed by atoms with van der Waals surface area (Å²) in [5, 5.41) is 28.7. The number of rotatable bonds is 3. The van der Waals surface area contributed by atoms with Crippen molar-refractivity contribution in [3.63, 3.8) is 0 Å². The zero-order valence-corrected chi connectivity index (χ0v) is 13.4. The van der Waals surface area contributed by atoms with Crippen molar-refractivity contribution in [1.82, 2.24) is 15.0 Å². The van der Waals surface area contributed by atoms with Gasteiger partial charge in [-0.1, -0.05) is 16.8 Å². The van der Waals surface area contributed by atoms with Crippen molar-refractivity contribution in [2.75, 3.05) is 6.61 Å². The average molecular weight is 342 g/mol. The molecule has 0 saturated carbocycles. The third-order valence-electron chi connectivity index (χ3n) is 4.10. The van der Waals surface area contributed by atoms with Crippen molar-refractivity contribution in [2.45, 2.75) is 37.7 Å². The summed E-state index contributed by atoms with van der Waals surface area (Å²) >= 11 is 5.99. The molecular formula is C15H17ClFN3O3. The van der Waals surface area contributed by atoms with E-state index in [9.17, 15) is 14.6 Å². The summed E-state index contributed by atoms with van der Waals surface area (Å²) < 4.78 is 20.3. The molecule has 0 spiro atoms. The van der Waals surface area contributed by atoms with E-state index in [1.54, 1.807) is 13.8 Å². The van der Waals surface area contributed by atoms with Gasteiger partial charge in [-0.05, 0) is 32.0 Å².